The molecule has 0 fully saturated rings. The SMILES string of the molecule is CCc1ccc(-c2ccc(C(=O)C(=O)c3ccc(-c4ccc(CC)cc4)cc3)cc2)cc1. The zero-order chi connectivity index (χ0) is 22.5. The molecule has 0 aromatic heterocycles. The van der Waals surface area contributed by atoms with Crippen molar-refractivity contribution in [2.24, 2.45) is 0 Å². The number of hydrogen-bond donors (Lipinski definition) is 0. The topological polar surface area (TPSA) is 34.1 Å². The summed E-state index contributed by atoms with van der Waals surface area (Å²) < 4.78 is 0. The van der Waals surface area contributed by atoms with Crippen LogP contribution in [0, 0.1) is 0 Å². The second-order valence-electron chi connectivity index (χ2n) is 7.91. The Bertz CT molecular complexity index is 1110. The van der Waals surface area contributed by atoms with E-state index in [4.69, 9.17) is 0 Å². The molecule has 0 aliphatic heterocycles. The quantitative estimate of drug-likeness (QED) is 0.235. The highest BCUT2D eigenvalue weighted by atomic mass is 16.2. The maximum atomic E-state index is 12.8. The Morgan fingerprint density at radius 3 is 0.938 bits per heavy atom. The molecular formula is C30H26O2. The van der Waals surface area contributed by atoms with Gasteiger partial charge in [-0.15, -0.1) is 0 Å². The number of rotatable bonds is 7. The van der Waals surface area contributed by atoms with Gasteiger partial charge in [0, 0.05) is 11.1 Å². The number of carbonyl (C=O) groups excluding carboxylic acids is 2. The van der Waals surface area contributed by atoms with Crippen LogP contribution in [0.4, 0.5) is 0 Å². The standard InChI is InChI=1S/C30H26O2/c1-3-21-5-9-23(10-6-21)25-13-17-27(18-14-25)29(31)30(32)28-19-15-26(16-20-28)24-11-7-22(4-2)8-12-24/h5-20H,3-4H2,1-2H3. The van der Waals surface area contributed by atoms with Gasteiger partial charge in [-0.25, -0.2) is 0 Å². The van der Waals surface area contributed by atoms with Crippen LogP contribution in [-0.2, 0) is 12.8 Å². The number of carbonyl (C=O) groups is 2. The predicted molar refractivity (Wildman–Crippen MR) is 131 cm³/mol. The summed E-state index contributed by atoms with van der Waals surface area (Å²) >= 11 is 0. The van der Waals surface area contributed by atoms with Gasteiger partial charge in [-0.05, 0) is 46.2 Å². The van der Waals surface area contributed by atoms with E-state index in [0.29, 0.717) is 11.1 Å². The monoisotopic (exact) mass is 418 g/mol. The lowest BCUT2D eigenvalue weighted by Crippen LogP contribution is -2.14. The Balaban J connectivity index is 1.48. The normalized spacial score (nSPS) is 10.7. The molecule has 0 saturated carbocycles. The van der Waals surface area contributed by atoms with Gasteiger partial charge in [0.15, 0.2) is 0 Å². The zero-order valence-electron chi connectivity index (χ0n) is 18.5. The van der Waals surface area contributed by atoms with E-state index >= 15 is 0 Å². The van der Waals surface area contributed by atoms with Gasteiger partial charge in [0.05, 0.1) is 0 Å². The second kappa shape index (κ2) is 9.57. The lowest BCUT2D eigenvalue weighted by molar-refractivity contribution is 0.0817. The number of aryl methyl sites for hydroxylation is 2. The molecule has 0 bridgehead atoms. The van der Waals surface area contributed by atoms with E-state index in [1.165, 1.54) is 11.1 Å². The molecule has 0 N–H and O–H groups in total. The number of Topliss-reactive ketones (excluding diaryl/α,β-unsaturated/α-hetero) is 2. The Morgan fingerprint density at radius 1 is 0.438 bits per heavy atom. The van der Waals surface area contributed by atoms with Gasteiger partial charge in [0.25, 0.3) is 0 Å². The Morgan fingerprint density at radius 2 is 0.688 bits per heavy atom. The minimum atomic E-state index is -0.488. The van der Waals surface area contributed by atoms with Crippen LogP contribution >= 0.6 is 0 Å². The lowest BCUT2D eigenvalue weighted by atomic mass is 9.96. The molecule has 32 heavy (non-hydrogen) atoms. The van der Waals surface area contributed by atoms with Crippen LogP contribution in [-0.4, -0.2) is 11.6 Å². The van der Waals surface area contributed by atoms with E-state index in [9.17, 15) is 9.59 Å². The van der Waals surface area contributed by atoms with Crippen molar-refractivity contribution >= 4 is 11.6 Å². The first-order chi connectivity index (χ1) is 15.6. The molecule has 0 spiro atoms. The third-order valence-corrected chi connectivity index (χ3v) is 5.89. The van der Waals surface area contributed by atoms with Gasteiger partial charge in [-0.1, -0.05) is 111 Å². The largest absolute Gasteiger partial charge is 0.285 e. The van der Waals surface area contributed by atoms with E-state index in [2.05, 4.69) is 62.4 Å². The Labute approximate surface area is 189 Å². The minimum Gasteiger partial charge on any atom is -0.285 e. The highest BCUT2D eigenvalue weighted by Gasteiger charge is 2.18. The predicted octanol–water partition coefficient (Wildman–Crippen LogP) is 7.21. The molecule has 2 nitrogen and oxygen atoms in total. The van der Waals surface area contributed by atoms with Crippen molar-refractivity contribution in [2.75, 3.05) is 0 Å². The average Bonchev–Trinajstić information content (AvgIpc) is 2.88. The van der Waals surface area contributed by atoms with Gasteiger partial charge < -0.3 is 0 Å². The maximum Gasteiger partial charge on any atom is 0.233 e. The summed E-state index contributed by atoms with van der Waals surface area (Å²) in [4.78, 5) is 25.5. The minimum absolute atomic E-state index is 0.406. The molecule has 4 rings (SSSR count). The van der Waals surface area contributed by atoms with Crippen molar-refractivity contribution < 1.29 is 9.59 Å². The van der Waals surface area contributed by atoms with Gasteiger partial charge in [-0.2, -0.15) is 0 Å². The van der Waals surface area contributed by atoms with Crippen LogP contribution in [0.1, 0.15) is 45.7 Å². The Hall–Kier alpha value is -3.78. The molecule has 4 aromatic carbocycles. The van der Waals surface area contributed by atoms with Crippen molar-refractivity contribution in [1.29, 1.82) is 0 Å². The van der Waals surface area contributed by atoms with Crippen LogP contribution < -0.4 is 0 Å². The van der Waals surface area contributed by atoms with E-state index in [0.717, 1.165) is 35.1 Å². The Kier molecular flexibility index (Phi) is 6.42. The first-order valence-electron chi connectivity index (χ1n) is 11.1. The molecule has 158 valence electrons. The zero-order valence-corrected chi connectivity index (χ0v) is 18.5. The first kappa shape index (κ1) is 21.5. The van der Waals surface area contributed by atoms with Crippen molar-refractivity contribution in [3.8, 4) is 22.3 Å². The van der Waals surface area contributed by atoms with E-state index in [-0.39, 0.29) is 0 Å². The van der Waals surface area contributed by atoms with Crippen LogP contribution in [0.15, 0.2) is 97.1 Å². The number of benzene rings is 4. The second-order valence-corrected chi connectivity index (χ2v) is 7.91. The molecule has 2 heteroatoms. The fraction of sp³-hybridized carbons (Fsp3) is 0.133. The molecular weight excluding hydrogens is 392 g/mol. The molecule has 0 aliphatic rings. The van der Waals surface area contributed by atoms with Crippen molar-refractivity contribution in [1.82, 2.24) is 0 Å². The summed E-state index contributed by atoms with van der Waals surface area (Å²) in [5.41, 5.74) is 7.62. The molecule has 0 amide bonds. The summed E-state index contributed by atoms with van der Waals surface area (Å²) in [6.45, 7) is 4.26. The van der Waals surface area contributed by atoms with Gasteiger partial charge in [0.2, 0.25) is 11.6 Å². The van der Waals surface area contributed by atoms with Gasteiger partial charge in [-0.3, -0.25) is 9.59 Å². The van der Waals surface area contributed by atoms with Crippen molar-refractivity contribution in [3.63, 3.8) is 0 Å². The van der Waals surface area contributed by atoms with Crippen LogP contribution in [0.3, 0.4) is 0 Å². The highest BCUT2D eigenvalue weighted by molar-refractivity contribution is 6.49. The van der Waals surface area contributed by atoms with Crippen molar-refractivity contribution in [3.05, 3.63) is 119 Å². The first-order valence-corrected chi connectivity index (χ1v) is 11.1. The third kappa shape index (κ3) is 4.60. The fourth-order valence-corrected chi connectivity index (χ4v) is 3.76. The molecule has 0 heterocycles. The molecule has 0 radical (unpaired) electrons. The average molecular weight is 419 g/mol. The fourth-order valence-electron chi connectivity index (χ4n) is 3.76. The molecule has 0 atom stereocenters. The summed E-state index contributed by atoms with van der Waals surface area (Å²) in [7, 11) is 0. The van der Waals surface area contributed by atoms with Gasteiger partial charge in [0.1, 0.15) is 0 Å². The smallest absolute Gasteiger partial charge is 0.233 e. The van der Waals surface area contributed by atoms with Crippen LogP contribution in [0.5, 0.6) is 0 Å². The lowest BCUT2D eigenvalue weighted by Gasteiger charge is -2.06. The molecule has 0 unspecified atom stereocenters. The van der Waals surface area contributed by atoms with Gasteiger partial charge >= 0.3 is 0 Å². The highest BCUT2D eigenvalue weighted by Crippen LogP contribution is 2.23. The van der Waals surface area contributed by atoms with E-state index < -0.39 is 11.6 Å². The maximum absolute atomic E-state index is 12.8. The van der Waals surface area contributed by atoms with Crippen molar-refractivity contribution in [2.45, 2.75) is 26.7 Å². The summed E-state index contributed by atoms with van der Waals surface area (Å²) in [5, 5.41) is 0. The number of ketones is 2. The van der Waals surface area contributed by atoms with Crippen LogP contribution in [0.2, 0.25) is 0 Å². The summed E-state index contributed by atoms with van der Waals surface area (Å²) in [5.74, 6) is -0.976. The third-order valence-electron chi connectivity index (χ3n) is 5.89. The van der Waals surface area contributed by atoms with E-state index in [1.807, 2.05) is 24.3 Å². The summed E-state index contributed by atoms with van der Waals surface area (Å²) in [6.07, 6.45) is 2.00. The molecule has 0 aliphatic carbocycles. The summed E-state index contributed by atoms with van der Waals surface area (Å²) in [6, 6.07) is 31.3. The molecule has 4 aromatic rings. The van der Waals surface area contributed by atoms with Crippen LogP contribution in [0.25, 0.3) is 22.3 Å². The molecule has 0 saturated heterocycles. The van der Waals surface area contributed by atoms with E-state index in [1.54, 1.807) is 24.3 Å². The number of hydrogen-bond acceptors (Lipinski definition) is 2.